The van der Waals surface area contributed by atoms with E-state index in [0.717, 1.165) is 6.42 Å². The molecule has 0 aliphatic rings. The maximum absolute atomic E-state index is 5.95. The van der Waals surface area contributed by atoms with Gasteiger partial charge >= 0.3 is 0 Å². The van der Waals surface area contributed by atoms with E-state index in [1.807, 2.05) is 0 Å². The molecular formula is C12H14ClN3O2. The lowest BCUT2D eigenvalue weighted by Gasteiger charge is -2.04. The first-order chi connectivity index (χ1) is 8.74. The zero-order valence-corrected chi connectivity index (χ0v) is 10.8. The molecule has 96 valence electrons. The molecular weight excluding hydrogens is 254 g/mol. The zero-order chi connectivity index (χ0) is 13.0. The monoisotopic (exact) mass is 267 g/mol. The Hall–Kier alpha value is -1.59. The first kappa shape index (κ1) is 12.9. The van der Waals surface area contributed by atoms with E-state index in [1.165, 1.54) is 0 Å². The lowest BCUT2D eigenvalue weighted by molar-refractivity contribution is 0.413. The molecule has 0 amide bonds. The Kier molecular flexibility index (Phi) is 4.17. The maximum Gasteiger partial charge on any atom is 0.251 e. The van der Waals surface area contributed by atoms with Gasteiger partial charge in [0.15, 0.2) is 0 Å². The van der Waals surface area contributed by atoms with Crippen LogP contribution in [-0.2, 0) is 6.42 Å². The van der Waals surface area contributed by atoms with Gasteiger partial charge in [0.1, 0.15) is 5.75 Å². The molecule has 0 fully saturated rings. The molecule has 2 N–H and O–H groups in total. The number of benzene rings is 1. The van der Waals surface area contributed by atoms with Crippen LogP contribution in [0.25, 0.3) is 11.5 Å². The van der Waals surface area contributed by atoms with Crippen LogP contribution in [0, 0.1) is 0 Å². The van der Waals surface area contributed by atoms with E-state index < -0.39 is 0 Å². The van der Waals surface area contributed by atoms with Crippen LogP contribution in [0.5, 0.6) is 5.75 Å². The summed E-state index contributed by atoms with van der Waals surface area (Å²) >= 11 is 5.95. The van der Waals surface area contributed by atoms with Gasteiger partial charge in [0.2, 0.25) is 5.89 Å². The van der Waals surface area contributed by atoms with Crippen LogP contribution in [0.15, 0.2) is 22.6 Å². The van der Waals surface area contributed by atoms with Gasteiger partial charge in [-0.2, -0.15) is 0 Å². The molecule has 2 rings (SSSR count). The Labute approximate surface area is 110 Å². The summed E-state index contributed by atoms with van der Waals surface area (Å²) < 4.78 is 10.8. The highest BCUT2D eigenvalue weighted by molar-refractivity contribution is 6.30. The van der Waals surface area contributed by atoms with Gasteiger partial charge in [-0.05, 0) is 31.2 Å². The molecule has 1 aromatic carbocycles. The summed E-state index contributed by atoms with van der Waals surface area (Å²) in [6.07, 6.45) is 1.49. The van der Waals surface area contributed by atoms with Gasteiger partial charge < -0.3 is 14.9 Å². The minimum Gasteiger partial charge on any atom is -0.496 e. The third-order valence-electron chi connectivity index (χ3n) is 2.45. The van der Waals surface area contributed by atoms with Crippen molar-refractivity contribution < 1.29 is 9.15 Å². The van der Waals surface area contributed by atoms with E-state index in [1.54, 1.807) is 25.3 Å². The Morgan fingerprint density at radius 3 is 2.94 bits per heavy atom. The maximum atomic E-state index is 5.95. The fourth-order valence-corrected chi connectivity index (χ4v) is 1.74. The highest BCUT2D eigenvalue weighted by atomic mass is 35.5. The van der Waals surface area contributed by atoms with E-state index >= 15 is 0 Å². The van der Waals surface area contributed by atoms with Gasteiger partial charge in [0, 0.05) is 11.4 Å². The number of hydrogen-bond donors (Lipinski definition) is 1. The van der Waals surface area contributed by atoms with Gasteiger partial charge in [-0.25, -0.2) is 0 Å². The fraction of sp³-hybridized carbons (Fsp3) is 0.333. The van der Waals surface area contributed by atoms with Crippen molar-refractivity contribution in [3.63, 3.8) is 0 Å². The van der Waals surface area contributed by atoms with E-state index in [9.17, 15) is 0 Å². The molecule has 0 aliphatic heterocycles. The second kappa shape index (κ2) is 5.84. The van der Waals surface area contributed by atoms with Crippen LogP contribution in [0.4, 0.5) is 0 Å². The number of hydrogen-bond acceptors (Lipinski definition) is 5. The molecule has 0 aliphatic carbocycles. The first-order valence-electron chi connectivity index (χ1n) is 5.61. The Balaban J connectivity index is 2.30. The summed E-state index contributed by atoms with van der Waals surface area (Å²) in [6.45, 7) is 0.595. The standard InChI is InChI=1S/C12H14ClN3O2/c1-17-10-5-4-8(13)7-9(10)12-16-15-11(18-12)3-2-6-14/h4-5,7H,2-3,6,14H2,1H3. The summed E-state index contributed by atoms with van der Waals surface area (Å²) in [6, 6.07) is 5.25. The average molecular weight is 268 g/mol. The highest BCUT2D eigenvalue weighted by Crippen LogP contribution is 2.31. The Bertz CT molecular complexity index is 528. The number of nitrogens with two attached hydrogens (primary N) is 1. The Morgan fingerprint density at radius 1 is 1.39 bits per heavy atom. The number of rotatable bonds is 5. The molecule has 0 saturated heterocycles. The molecule has 2 aromatic rings. The second-order valence-corrected chi connectivity index (χ2v) is 4.17. The third-order valence-corrected chi connectivity index (χ3v) is 2.69. The van der Waals surface area contributed by atoms with E-state index in [0.29, 0.717) is 41.1 Å². The van der Waals surface area contributed by atoms with E-state index in [4.69, 9.17) is 26.5 Å². The fourth-order valence-electron chi connectivity index (χ4n) is 1.56. The van der Waals surface area contributed by atoms with Crippen molar-refractivity contribution in [1.29, 1.82) is 0 Å². The van der Waals surface area contributed by atoms with Gasteiger partial charge in [0.25, 0.3) is 5.89 Å². The lowest BCUT2D eigenvalue weighted by atomic mass is 10.2. The van der Waals surface area contributed by atoms with Crippen molar-refractivity contribution >= 4 is 11.6 Å². The molecule has 6 heteroatoms. The number of methoxy groups -OCH3 is 1. The van der Waals surface area contributed by atoms with Crippen molar-refractivity contribution in [2.75, 3.05) is 13.7 Å². The highest BCUT2D eigenvalue weighted by Gasteiger charge is 2.13. The van der Waals surface area contributed by atoms with E-state index in [2.05, 4.69) is 10.2 Å². The lowest BCUT2D eigenvalue weighted by Crippen LogP contribution is -2.00. The van der Waals surface area contributed by atoms with Crippen LogP contribution in [0.2, 0.25) is 5.02 Å². The third kappa shape index (κ3) is 2.80. The predicted molar refractivity (Wildman–Crippen MR) is 68.7 cm³/mol. The van der Waals surface area contributed by atoms with Crippen LogP contribution < -0.4 is 10.5 Å². The molecule has 1 aromatic heterocycles. The second-order valence-electron chi connectivity index (χ2n) is 3.74. The van der Waals surface area contributed by atoms with Crippen LogP contribution in [0.1, 0.15) is 12.3 Å². The van der Waals surface area contributed by atoms with Crippen molar-refractivity contribution in [3.05, 3.63) is 29.1 Å². The molecule has 0 unspecified atom stereocenters. The van der Waals surface area contributed by atoms with Gasteiger partial charge in [0.05, 0.1) is 12.7 Å². The van der Waals surface area contributed by atoms with Crippen LogP contribution >= 0.6 is 11.6 Å². The summed E-state index contributed by atoms with van der Waals surface area (Å²) in [5, 5.41) is 8.55. The molecule has 0 atom stereocenters. The molecule has 5 nitrogen and oxygen atoms in total. The minimum absolute atomic E-state index is 0.404. The zero-order valence-electron chi connectivity index (χ0n) is 10.0. The first-order valence-corrected chi connectivity index (χ1v) is 5.98. The number of ether oxygens (including phenoxy) is 1. The number of halogens is 1. The molecule has 18 heavy (non-hydrogen) atoms. The minimum atomic E-state index is 0.404. The molecule has 0 bridgehead atoms. The average Bonchev–Trinajstić information content (AvgIpc) is 2.85. The van der Waals surface area contributed by atoms with Gasteiger partial charge in [-0.15, -0.1) is 10.2 Å². The van der Waals surface area contributed by atoms with Crippen molar-refractivity contribution in [2.24, 2.45) is 5.73 Å². The van der Waals surface area contributed by atoms with Crippen molar-refractivity contribution in [1.82, 2.24) is 10.2 Å². The van der Waals surface area contributed by atoms with Crippen molar-refractivity contribution in [2.45, 2.75) is 12.8 Å². The number of aryl methyl sites for hydroxylation is 1. The normalized spacial score (nSPS) is 10.6. The summed E-state index contributed by atoms with van der Waals surface area (Å²) in [4.78, 5) is 0. The largest absolute Gasteiger partial charge is 0.496 e. The van der Waals surface area contributed by atoms with Gasteiger partial charge in [-0.1, -0.05) is 11.6 Å². The Morgan fingerprint density at radius 2 is 2.22 bits per heavy atom. The van der Waals surface area contributed by atoms with Gasteiger partial charge in [-0.3, -0.25) is 0 Å². The summed E-state index contributed by atoms with van der Waals surface area (Å²) in [5.74, 6) is 1.62. The van der Waals surface area contributed by atoms with Crippen LogP contribution in [-0.4, -0.2) is 23.9 Å². The summed E-state index contributed by atoms with van der Waals surface area (Å²) in [7, 11) is 1.58. The smallest absolute Gasteiger partial charge is 0.251 e. The SMILES string of the molecule is COc1ccc(Cl)cc1-c1nnc(CCCN)o1. The molecule has 0 spiro atoms. The molecule has 0 radical (unpaired) electrons. The number of aromatic nitrogens is 2. The van der Waals surface area contributed by atoms with Crippen LogP contribution in [0.3, 0.4) is 0 Å². The topological polar surface area (TPSA) is 74.2 Å². The predicted octanol–water partition coefficient (Wildman–Crippen LogP) is 2.29. The van der Waals surface area contributed by atoms with Crippen molar-refractivity contribution in [3.8, 4) is 17.2 Å². The molecule has 1 heterocycles. The summed E-state index contributed by atoms with van der Waals surface area (Å²) in [5.41, 5.74) is 6.12. The number of nitrogens with zero attached hydrogens (tertiary/aromatic N) is 2. The molecule has 0 saturated carbocycles. The van der Waals surface area contributed by atoms with E-state index in [-0.39, 0.29) is 0 Å². The quantitative estimate of drug-likeness (QED) is 0.900.